The second-order valence-electron chi connectivity index (χ2n) is 7.31. The molecule has 2 aromatic carbocycles. The first kappa shape index (κ1) is 23.0. The number of morpholine rings is 1. The van der Waals surface area contributed by atoms with Gasteiger partial charge < -0.3 is 15.0 Å². The van der Waals surface area contributed by atoms with E-state index in [4.69, 9.17) is 16.3 Å². The summed E-state index contributed by atoms with van der Waals surface area (Å²) in [5, 5.41) is 23.0. The molecule has 1 N–H and O–H groups in total. The maximum Gasteiger partial charge on any atom is 0.289 e. The second-order valence-corrected chi connectivity index (χ2v) is 8.66. The quantitative estimate of drug-likeness (QED) is 0.304. The summed E-state index contributed by atoms with van der Waals surface area (Å²) >= 11 is 7.06. The molecule has 0 radical (unpaired) electrons. The number of rotatable bonds is 7. The zero-order valence-electron chi connectivity index (χ0n) is 17.7. The molecule has 1 amide bonds. The van der Waals surface area contributed by atoms with Crippen molar-refractivity contribution in [2.75, 3.05) is 42.3 Å². The van der Waals surface area contributed by atoms with Crippen molar-refractivity contribution in [2.24, 2.45) is 0 Å². The van der Waals surface area contributed by atoms with Crippen molar-refractivity contribution in [3.05, 3.63) is 63.2 Å². The number of ether oxygens (including phenoxy) is 1. The number of carbonyl (C=O) groups is 1. The van der Waals surface area contributed by atoms with Gasteiger partial charge in [-0.25, -0.2) is 0 Å². The summed E-state index contributed by atoms with van der Waals surface area (Å²) in [6, 6.07) is 12.1. The number of halogens is 1. The largest absolute Gasteiger partial charge is 0.378 e. The fraction of sp³-hybridized carbons (Fsp3) is 0.286. The minimum Gasteiger partial charge on any atom is -0.378 e. The Hall–Kier alpha value is -3.15. The van der Waals surface area contributed by atoms with E-state index in [0.29, 0.717) is 43.1 Å². The maximum absolute atomic E-state index is 12.5. The molecule has 12 heteroatoms. The molecule has 172 valence electrons. The van der Waals surface area contributed by atoms with Crippen molar-refractivity contribution in [1.82, 2.24) is 14.8 Å². The Labute approximate surface area is 199 Å². The van der Waals surface area contributed by atoms with E-state index in [0.717, 1.165) is 11.3 Å². The third-order valence-corrected chi connectivity index (χ3v) is 6.21. The van der Waals surface area contributed by atoms with E-state index in [1.807, 2.05) is 35.8 Å². The molecule has 33 heavy (non-hydrogen) atoms. The highest BCUT2D eigenvalue weighted by Crippen LogP contribution is 2.29. The van der Waals surface area contributed by atoms with Crippen molar-refractivity contribution >= 4 is 46.6 Å². The summed E-state index contributed by atoms with van der Waals surface area (Å²) in [5.41, 5.74) is 2.05. The molecule has 2 heterocycles. The van der Waals surface area contributed by atoms with Crippen molar-refractivity contribution in [2.45, 2.75) is 12.1 Å². The smallest absolute Gasteiger partial charge is 0.289 e. The molecule has 1 fully saturated rings. The first-order valence-corrected chi connectivity index (χ1v) is 11.5. The zero-order valence-corrected chi connectivity index (χ0v) is 19.3. The predicted octanol–water partition coefficient (Wildman–Crippen LogP) is 3.70. The van der Waals surface area contributed by atoms with Gasteiger partial charge in [-0.3, -0.25) is 19.5 Å². The van der Waals surface area contributed by atoms with Crippen LogP contribution in [0.2, 0.25) is 5.02 Å². The summed E-state index contributed by atoms with van der Waals surface area (Å²) in [6.07, 6.45) is 0. The van der Waals surface area contributed by atoms with Crippen molar-refractivity contribution in [1.29, 1.82) is 0 Å². The average Bonchev–Trinajstić information content (AvgIpc) is 3.24. The van der Waals surface area contributed by atoms with Crippen LogP contribution in [0.25, 0.3) is 5.69 Å². The van der Waals surface area contributed by atoms with Gasteiger partial charge in [0.05, 0.1) is 29.6 Å². The lowest BCUT2D eigenvalue weighted by Gasteiger charge is -2.27. The number of nitro benzene ring substituents is 1. The van der Waals surface area contributed by atoms with Crippen LogP contribution >= 0.6 is 23.4 Å². The molecule has 4 rings (SSSR count). The van der Waals surface area contributed by atoms with Gasteiger partial charge in [0, 0.05) is 24.8 Å². The molecule has 1 saturated heterocycles. The molecule has 1 aliphatic rings. The standard InChI is InChI=1S/C21H21ClN6O4S/c1-14-2-5-16(6-3-14)27-20(26-8-10-32-11-9-26)24-25-21(27)33-13-19(29)23-15-4-7-17(22)18(12-15)28(30)31/h2-7,12H,8-11,13H2,1H3,(H,23,29). The summed E-state index contributed by atoms with van der Waals surface area (Å²) < 4.78 is 7.37. The number of hydrogen-bond acceptors (Lipinski definition) is 8. The molecule has 10 nitrogen and oxygen atoms in total. The van der Waals surface area contributed by atoms with E-state index in [9.17, 15) is 14.9 Å². The van der Waals surface area contributed by atoms with Gasteiger partial charge in [-0.2, -0.15) is 0 Å². The van der Waals surface area contributed by atoms with Gasteiger partial charge in [0.2, 0.25) is 11.9 Å². The molecular weight excluding hydrogens is 468 g/mol. The minimum atomic E-state index is -0.593. The van der Waals surface area contributed by atoms with Crippen LogP contribution in [0.1, 0.15) is 5.56 Å². The summed E-state index contributed by atoms with van der Waals surface area (Å²) in [4.78, 5) is 25.1. The van der Waals surface area contributed by atoms with Gasteiger partial charge in [-0.05, 0) is 31.2 Å². The lowest BCUT2D eigenvalue weighted by atomic mass is 10.2. The molecule has 0 atom stereocenters. The van der Waals surface area contributed by atoms with Crippen LogP contribution < -0.4 is 10.2 Å². The Kier molecular flexibility index (Phi) is 7.11. The van der Waals surface area contributed by atoms with E-state index < -0.39 is 4.92 Å². The van der Waals surface area contributed by atoms with Crippen LogP contribution in [0, 0.1) is 17.0 Å². The van der Waals surface area contributed by atoms with Crippen LogP contribution in [0.5, 0.6) is 0 Å². The van der Waals surface area contributed by atoms with Crippen molar-refractivity contribution < 1.29 is 14.5 Å². The maximum atomic E-state index is 12.5. The number of carbonyl (C=O) groups excluding carboxylic acids is 1. The van der Waals surface area contributed by atoms with E-state index in [-0.39, 0.29) is 22.4 Å². The highest BCUT2D eigenvalue weighted by atomic mass is 35.5. The average molecular weight is 489 g/mol. The third kappa shape index (κ3) is 5.44. The number of aryl methyl sites for hydroxylation is 1. The van der Waals surface area contributed by atoms with E-state index >= 15 is 0 Å². The lowest BCUT2D eigenvalue weighted by molar-refractivity contribution is -0.384. The van der Waals surface area contributed by atoms with Crippen LogP contribution in [-0.4, -0.2) is 57.7 Å². The van der Waals surface area contributed by atoms with Crippen LogP contribution in [-0.2, 0) is 9.53 Å². The summed E-state index contributed by atoms with van der Waals surface area (Å²) in [5.74, 6) is 0.408. The first-order chi connectivity index (χ1) is 15.9. The molecule has 0 aliphatic carbocycles. The van der Waals surface area contributed by atoms with Crippen molar-refractivity contribution in [3.63, 3.8) is 0 Å². The van der Waals surface area contributed by atoms with Gasteiger partial charge in [-0.15, -0.1) is 10.2 Å². The Bertz CT molecular complexity index is 1160. The Morgan fingerprint density at radius 3 is 2.64 bits per heavy atom. The van der Waals surface area contributed by atoms with Crippen molar-refractivity contribution in [3.8, 4) is 5.69 Å². The number of benzene rings is 2. The Balaban J connectivity index is 1.52. The lowest BCUT2D eigenvalue weighted by Crippen LogP contribution is -2.37. The first-order valence-electron chi connectivity index (χ1n) is 10.1. The molecule has 3 aromatic rings. The van der Waals surface area contributed by atoms with E-state index in [1.165, 1.54) is 30.0 Å². The summed E-state index contributed by atoms with van der Waals surface area (Å²) in [6.45, 7) is 4.63. The minimum absolute atomic E-state index is 0.00853. The SMILES string of the molecule is Cc1ccc(-n2c(SCC(=O)Nc3ccc(Cl)c([N+](=O)[O-])c3)nnc2N2CCOCC2)cc1. The molecular formula is C21H21ClN6O4S. The molecule has 0 bridgehead atoms. The van der Waals surface area contributed by atoms with E-state index in [1.54, 1.807) is 0 Å². The number of nitrogens with zero attached hydrogens (tertiary/aromatic N) is 5. The topological polar surface area (TPSA) is 115 Å². The van der Waals surface area contributed by atoms with Gasteiger partial charge >= 0.3 is 0 Å². The second kappa shape index (κ2) is 10.2. The highest BCUT2D eigenvalue weighted by molar-refractivity contribution is 7.99. The highest BCUT2D eigenvalue weighted by Gasteiger charge is 2.22. The number of anilines is 2. The molecule has 1 aliphatic heterocycles. The monoisotopic (exact) mass is 488 g/mol. The van der Waals surface area contributed by atoms with Gasteiger partial charge in [0.1, 0.15) is 5.02 Å². The molecule has 1 aromatic heterocycles. The normalized spacial score (nSPS) is 13.7. The number of amides is 1. The predicted molar refractivity (Wildman–Crippen MR) is 127 cm³/mol. The number of aromatic nitrogens is 3. The number of nitrogens with one attached hydrogen (secondary N) is 1. The van der Waals surface area contributed by atoms with E-state index in [2.05, 4.69) is 20.4 Å². The molecule has 0 unspecified atom stereocenters. The Morgan fingerprint density at radius 2 is 1.94 bits per heavy atom. The third-order valence-electron chi connectivity index (χ3n) is 4.96. The van der Waals surface area contributed by atoms with Crippen LogP contribution in [0.3, 0.4) is 0 Å². The number of thioether (sulfide) groups is 1. The summed E-state index contributed by atoms with van der Waals surface area (Å²) in [7, 11) is 0. The van der Waals surface area contributed by atoms with Crippen LogP contribution in [0.4, 0.5) is 17.3 Å². The fourth-order valence-electron chi connectivity index (χ4n) is 3.30. The Morgan fingerprint density at radius 1 is 1.21 bits per heavy atom. The molecule has 0 spiro atoms. The zero-order chi connectivity index (χ0) is 23.4. The number of hydrogen-bond donors (Lipinski definition) is 1. The fourth-order valence-corrected chi connectivity index (χ4v) is 4.23. The van der Waals surface area contributed by atoms with Gasteiger partial charge in [-0.1, -0.05) is 41.1 Å². The molecule has 0 saturated carbocycles. The number of nitro groups is 1. The van der Waals surface area contributed by atoms with Crippen LogP contribution in [0.15, 0.2) is 47.6 Å². The van der Waals surface area contributed by atoms with Gasteiger partial charge in [0.15, 0.2) is 5.16 Å². The van der Waals surface area contributed by atoms with Gasteiger partial charge in [0.25, 0.3) is 5.69 Å².